The average Bonchev–Trinajstić information content (AvgIpc) is 3.16. The highest BCUT2D eigenvalue weighted by molar-refractivity contribution is 5.93. The van der Waals surface area contributed by atoms with E-state index in [4.69, 9.17) is 14.3 Å². The number of carbonyl (C=O) groups is 2. The van der Waals surface area contributed by atoms with Gasteiger partial charge < -0.3 is 24.9 Å². The van der Waals surface area contributed by atoms with Gasteiger partial charge in [0.1, 0.15) is 16.9 Å². The van der Waals surface area contributed by atoms with E-state index in [0.29, 0.717) is 0 Å². The third-order valence-corrected chi connectivity index (χ3v) is 4.53. The number of aliphatic hydroxyl groups is 1. The van der Waals surface area contributed by atoms with Crippen molar-refractivity contribution in [3.05, 3.63) is 53.2 Å². The number of nitrogens with zero attached hydrogens (tertiary/aromatic N) is 1. The standard InChI is InChI=1S/C23H23F4N3O5/c1-22(2,3)35-21(33)29-11-14-9-13-8-12(10-15(19(13)34-14)23(25,26)27)17-5-4-16(24)18(30-17)20(32)28-6-7-31/h4-5,8-10,31H,6-7,11H2,1-3H3,(H,28,32)(H,29,33). The second-order valence-corrected chi connectivity index (χ2v) is 8.51. The highest BCUT2D eigenvalue weighted by Crippen LogP contribution is 2.39. The van der Waals surface area contributed by atoms with Crippen LogP contribution >= 0.6 is 0 Å². The summed E-state index contributed by atoms with van der Waals surface area (Å²) in [7, 11) is 0. The number of carbonyl (C=O) groups excluding carboxylic acids is 2. The summed E-state index contributed by atoms with van der Waals surface area (Å²) in [4.78, 5) is 27.8. The Morgan fingerprint density at radius 2 is 1.83 bits per heavy atom. The zero-order chi connectivity index (χ0) is 26.0. The Balaban J connectivity index is 1.99. The van der Waals surface area contributed by atoms with Gasteiger partial charge in [0.25, 0.3) is 5.91 Å². The van der Waals surface area contributed by atoms with Gasteiger partial charge in [-0.25, -0.2) is 14.2 Å². The van der Waals surface area contributed by atoms with Gasteiger partial charge in [-0.05, 0) is 51.1 Å². The number of amides is 2. The number of nitrogens with one attached hydrogen (secondary N) is 2. The number of aliphatic hydroxyl groups excluding tert-OH is 1. The predicted octanol–water partition coefficient (Wildman–Crippen LogP) is 4.40. The molecule has 3 rings (SSSR count). The number of hydrogen-bond donors (Lipinski definition) is 3. The minimum absolute atomic E-state index is 0.0338. The van der Waals surface area contributed by atoms with Crippen LogP contribution in [0.15, 0.2) is 34.7 Å². The highest BCUT2D eigenvalue weighted by atomic mass is 19.4. The van der Waals surface area contributed by atoms with Gasteiger partial charge in [0.05, 0.1) is 24.4 Å². The second-order valence-electron chi connectivity index (χ2n) is 8.51. The molecule has 8 nitrogen and oxygen atoms in total. The maximum atomic E-state index is 14.1. The van der Waals surface area contributed by atoms with E-state index in [-0.39, 0.29) is 42.1 Å². The summed E-state index contributed by atoms with van der Waals surface area (Å²) in [6.07, 6.45) is -5.57. The molecular weight excluding hydrogens is 474 g/mol. The van der Waals surface area contributed by atoms with Gasteiger partial charge in [-0.1, -0.05) is 0 Å². The van der Waals surface area contributed by atoms with Crippen molar-refractivity contribution in [3.63, 3.8) is 0 Å². The first-order valence-electron chi connectivity index (χ1n) is 10.4. The van der Waals surface area contributed by atoms with Crippen molar-refractivity contribution in [2.75, 3.05) is 13.2 Å². The van der Waals surface area contributed by atoms with E-state index in [1.165, 1.54) is 12.1 Å². The molecule has 0 atom stereocenters. The van der Waals surface area contributed by atoms with E-state index in [9.17, 15) is 27.2 Å². The molecule has 0 saturated heterocycles. The molecular formula is C23H23F4N3O5. The van der Waals surface area contributed by atoms with Gasteiger partial charge in [-0.2, -0.15) is 13.2 Å². The number of rotatable bonds is 6. The van der Waals surface area contributed by atoms with Crippen molar-refractivity contribution in [2.24, 2.45) is 0 Å². The molecule has 2 amide bonds. The first-order chi connectivity index (χ1) is 16.3. The lowest BCUT2D eigenvalue weighted by molar-refractivity contribution is -0.136. The van der Waals surface area contributed by atoms with E-state index in [2.05, 4.69) is 15.6 Å². The Hall–Kier alpha value is -3.67. The van der Waals surface area contributed by atoms with E-state index in [1.807, 2.05) is 0 Å². The fourth-order valence-electron chi connectivity index (χ4n) is 3.14. The molecule has 3 aromatic rings. The number of hydrogen-bond acceptors (Lipinski definition) is 6. The van der Waals surface area contributed by atoms with Crippen molar-refractivity contribution in [2.45, 2.75) is 39.1 Å². The van der Waals surface area contributed by atoms with Crippen LogP contribution in [0, 0.1) is 5.82 Å². The summed E-state index contributed by atoms with van der Waals surface area (Å²) >= 11 is 0. The fourth-order valence-corrected chi connectivity index (χ4v) is 3.14. The van der Waals surface area contributed by atoms with Crippen molar-refractivity contribution in [1.29, 1.82) is 0 Å². The number of fused-ring (bicyclic) bond motifs is 1. The van der Waals surface area contributed by atoms with Gasteiger partial charge in [-0.3, -0.25) is 4.79 Å². The van der Waals surface area contributed by atoms with Crippen molar-refractivity contribution >= 4 is 23.0 Å². The van der Waals surface area contributed by atoms with Crippen LogP contribution in [-0.2, 0) is 17.5 Å². The Labute approximate surface area is 197 Å². The first kappa shape index (κ1) is 25.9. The molecule has 0 aliphatic rings. The number of halogens is 4. The third-order valence-electron chi connectivity index (χ3n) is 4.53. The molecule has 2 aromatic heterocycles. The minimum Gasteiger partial charge on any atom is -0.459 e. The number of furan rings is 1. The summed E-state index contributed by atoms with van der Waals surface area (Å²) in [6, 6.07) is 5.51. The number of pyridine rings is 1. The van der Waals surface area contributed by atoms with Gasteiger partial charge in [0.15, 0.2) is 11.5 Å². The number of ether oxygens (including phenoxy) is 1. The Morgan fingerprint density at radius 1 is 1.11 bits per heavy atom. The second kappa shape index (κ2) is 9.90. The summed E-state index contributed by atoms with van der Waals surface area (Å²) in [6.45, 7) is 4.23. The molecule has 0 bridgehead atoms. The summed E-state index contributed by atoms with van der Waals surface area (Å²) in [5.41, 5.74) is -3.06. The SMILES string of the molecule is CC(C)(C)OC(=O)NCc1cc2cc(-c3ccc(F)c(C(=O)NCCO)n3)cc(C(F)(F)F)c2o1. The number of benzene rings is 1. The van der Waals surface area contributed by atoms with Crippen molar-refractivity contribution in [1.82, 2.24) is 15.6 Å². The molecule has 0 radical (unpaired) electrons. The van der Waals surface area contributed by atoms with Crippen LogP contribution in [0.5, 0.6) is 0 Å². The predicted molar refractivity (Wildman–Crippen MR) is 117 cm³/mol. The van der Waals surface area contributed by atoms with E-state index in [0.717, 1.165) is 18.2 Å². The maximum Gasteiger partial charge on any atom is 0.420 e. The molecule has 35 heavy (non-hydrogen) atoms. The topological polar surface area (TPSA) is 114 Å². The summed E-state index contributed by atoms with van der Waals surface area (Å²) in [5.74, 6) is -1.85. The largest absolute Gasteiger partial charge is 0.459 e. The van der Waals surface area contributed by atoms with Crippen LogP contribution in [0.25, 0.3) is 22.2 Å². The monoisotopic (exact) mass is 497 g/mol. The van der Waals surface area contributed by atoms with Crippen LogP contribution in [0.3, 0.4) is 0 Å². The number of aromatic nitrogens is 1. The Bertz CT molecular complexity index is 1250. The zero-order valence-electron chi connectivity index (χ0n) is 19.0. The smallest absolute Gasteiger partial charge is 0.420 e. The van der Waals surface area contributed by atoms with Gasteiger partial charge in [0.2, 0.25) is 0 Å². The zero-order valence-corrected chi connectivity index (χ0v) is 19.0. The molecule has 0 unspecified atom stereocenters. The molecule has 0 aliphatic carbocycles. The van der Waals surface area contributed by atoms with Crippen molar-refractivity contribution in [3.8, 4) is 11.3 Å². The number of alkyl carbamates (subject to hydrolysis) is 1. The normalized spacial score (nSPS) is 12.0. The van der Waals surface area contributed by atoms with Crippen molar-refractivity contribution < 1.29 is 41.4 Å². The molecule has 0 spiro atoms. The molecule has 3 N–H and O–H groups in total. The van der Waals surface area contributed by atoms with Crippen LogP contribution in [0.4, 0.5) is 22.4 Å². The molecule has 12 heteroatoms. The van der Waals surface area contributed by atoms with Gasteiger partial charge >= 0.3 is 12.3 Å². The van der Waals surface area contributed by atoms with E-state index in [1.54, 1.807) is 20.8 Å². The van der Waals surface area contributed by atoms with E-state index >= 15 is 0 Å². The molecule has 1 aromatic carbocycles. The summed E-state index contributed by atoms with van der Waals surface area (Å²) in [5, 5.41) is 13.5. The average molecular weight is 497 g/mol. The Kier molecular flexibility index (Phi) is 7.34. The Morgan fingerprint density at radius 3 is 2.46 bits per heavy atom. The van der Waals surface area contributed by atoms with E-state index < -0.39 is 46.4 Å². The minimum atomic E-state index is -4.80. The quantitative estimate of drug-likeness (QED) is 0.435. The fraction of sp³-hybridized carbons (Fsp3) is 0.348. The molecule has 0 saturated carbocycles. The highest BCUT2D eigenvalue weighted by Gasteiger charge is 2.35. The lowest BCUT2D eigenvalue weighted by atomic mass is 10.0. The lowest BCUT2D eigenvalue weighted by Gasteiger charge is -2.19. The molecule has 0 aliphatic heterocycles. The molecule has 2 heterocycles. The third kappa shape index (κ3) is 6.47. The first-order valence-corrected chi connectivity index (χ1v) is 10.4. The van der Waals surface area contributed by atoms with Crippen LogP contribution in [-0.4, -0.2) is 40.8 Å². The van der Waals surface area contributed by atoms with Gasteiger partial charge in [-0.15, -0.1) is 0 Å². The van der Waals surface area contributed by atoms with Gasteiger partial charge in [0, 0.05) is 17.5 Å². The lowest BCUT2D eigenvalue weighted by Crippen LogP contribution is -2.32. The summed E-state index contributed by atoms with van der Waals surface area (Å²) < 4.78 is 66.0. The van der Waals surface area contributed by atoms with Crippen LogP contribution < -0.4 is 10.6 Å². The maximum absolute atomic E-state index is 14.1. The van der Waals surface area contributed by atoms with Crippen LogP contribution in [0.1, 0.15) is 42.6 Å². The van der Waals surface area contributed by atoms with Crippen LogP contribution in [0.2, 0.25) is 0 Å². The molecule has 188 valence electrons. The molecule has 0 fully saturated rings. The number of alkyl halides is 3.